The number of aromatic nitrogens is 3. The molecule has 2 aliphatic rings. The second kappa shape index (κ2) is 9.05. The summed E-state index contributed by atoms with van der Waals surface area (Å²) in [7, 11) is 0. The van der Waals surface area contributed by atoms with Gasteiger partial charge in [-0.15, -0.1) is 10.2 Å². The fourth-order valence-electron chi connectivity index (χ4n) is 4.04. The minimum Gasteiger partial charge on any atom is -0.330 e. The average Bonchev–Trinajstić information content (AvgIpc) is 3.13. The number of aryl methyl sites for hydroxylation is 1. The maximum absolute atomic E-state index is 12.8. The van der Waals surface area contributed by atoms with Crippen LogP contribution in [-0.2, 0) is 19.3 Å². The maximum Gasteiger partial charge on any atom is 0.451 e. The van der Waals surface area contributed by atoms with Crippen molar-refractivity contribution in [3.8, 4) is 0 Å². The van der Waals surface area contributed by atoms with Crippen LogP contribution in [-0.4, -0.2) is 38.8 Å². The van der Waals surface area contributed by atoms with Crippen LogP contribution < -0.4 is 5.73 Å². The Bertz CT molecular complexity index is 744. The number of nitrogens with two attached hydrogens (primary N) is 1. The molecule has 1 aliphatic carbocycles. The zero-order chi connectivity index (χ0) is 20.1. The summed E-state index contributed by atoms with van der Waals surface area (Å²) in [6.45, 7) is 4.15. The van der Waals surface area contributed by atoms with Gasteiger partial charge in [0, 0.05) is 19.1 Å². The molecule has 2 unspecified atom stereocenters. The molecular formula is C20H28F3N5. The van der Waals surface area contributed by atoms with Gasteiger partial charge in [0.05, 0.1) is 6.54 Å². The molecule has 28 heavy (non-hydrogen) atoms. The third-order valence-corrected chi connectivity index (χ3v) is 5.58. The topological polar surface area (TPSA) is 60.0 Å². The molecule has 154 valence electrons. The van der Waals surface area contributed by atoms with E-state index in [0.717, 1.165) is 25.7 Å². The van der Waals surface area contributed by atoms with Gasteiger partial charge < -0.3 is 10.3 Å². The Balaban J connectivity index is 0.000000271. The van der Waals surface area contributed by atoms with Crippen LogP contribution in [0.4, 0.5) is 13.2 Å². The van der Waals surface area contributed by atoms with Crippen molar-refractivity contribution in [2.24, 2.45) is 11.7 Å². The van der Waals surface area contributed by atoms with Crippen LogP contribution in [0.25, 0.3) is 0 Å². The van der Waals surface area contributed by atoms with Gasteiger partial charge in [-0.05, 0) is 38.6 Å². The van der Waals surface area contributed by atoms with E-state index in [0.29, 0.717) is 44.0 Å². The molecule has 2 N–H and O–H groups in total. The van der Waals surface area contributed by atoms with Crippen molar-refractivity contribution >= 4 is 0 Å². The van der Waals surface area contributed by atoms with Gasteiger partial charge in [0.2, 0.25) is 5.82 Å². The molecular weight excluding hydrogens is 367 g/mol. The van der Waals surface area contributed by atoms with Crippen LogP contribution in [0.2, 0.25) is 0 Å². The number of hydrogen-bond acceptors (Lipinski definition) is 4. The van der Waals surface area contributed by atoms with E-state index in [4.69, 9.17) is 5.73 Å². The highest BCUT2D eigenvalue weighted by Gasteiger charge is 2.40. The van der Waals surface area contributed by atoms with Crippen molar-refractivity contribution in [3.05, 3.63) is 47.5 Å². The predicted molar refractivity (Wildman–Crippen MR) is 101 cm³/mol. The molecule has 1 aromatic carbocycles. The lowest BCUT2D eigenvalue weighted by Gasteiger charge is -2.39. The smallest absolute Gasteiger partial charge is 0.330 e. The average molecular weight is 395 g/mol. The maximum atomic E-state index is 12.8. The van der Waals surface area contributed by atoms with Crippen LogP contribution in [0, 0.1) is 12.8 Å². The first-order chi connectivity index (χ1) is 13.4. The van der Waals surface area contributed by atoms with E-state index in [9.17, 15) is 13.2 Å². The van der Waals surface area contributed by atoms with Gasteiger partial charge in [-0.1, -0.05) is 42.3 Å². The predicted octanol–water partition coefficient (Wildman–Crippen LogP) is 3.63. The van der Waals surface area contributed by atoms with Crippen LogP contribution in [0.5, 0.6) is 0 Å². The largest absolute Gasteiger partial charge is 0.451 e. The molecule has 1 saturated carbocycles. The van der Waals surface area contributed by atoms with E-state index in [1.165, 1.54) is 10.1 Å². The highest BCUT2D eigenvalue weighted by molar-refractivity contribution is 5.11. The number of benzene rings is 1. The molecule has 0 spiro atoms. The Hall–Kier alpha value is -1.93. The third-order valence-electron chi connectivity index (χ3n) is 5.58. The number of rotatable bonds is 2. The summed E-state index contributed by atoms with van der Waals surface area (Å²) >= 11 is 0. The Morgan fingerprint density at radius 1 is 1.11 bits per heavy atom. The van der Waals surface area contributed by atoms with Gasteiger partial charge >= 0.3 is 6.18 Å². The normalized spacial score (nSPS) is 22.9. The molecule has 1 aromatic heterocycles. The number of halogens is 3. The second-order valence-electron chi connectivity index (χ2n) is 7.64. The lowest BCUT2D eigenvalue weighted by molar-refractivity contribution is -0.148. The molecule has 0 radical (unpaired) electrons. The number of alkyl halides is 3. The van der Waals surface area contributed by atoms with Gasteiger partial charge in [0.1, 0.15) is 5.82 Å². The van der Waals surface area contributed by atoms with Crippen molar-refractivity contribution in [3.63, 3.8) is 0 Å². The first-order valence-corrected chi connectivity index (χ1v) is 9.83. The zero-order valence-corrected chi connectivity index (χ0v) is 16.2. The quantitative estimate of drug-likeness (QED) is 0.844. The highest BCUT2D eigenvalue weighted by Crippen LogP contribution is 2.32. The van der Waals surface area contributed by atoms with E-state index < -0.39 is 12.0 Å². The van der Waals surface area contributed by atoms with E-state index in [1.807, 2.05) is 18.2 Å². The van der Waals surface area contributed by atoms with E-state index in [-0.39, 0.29) is 0 Å². The van der Waals surface area contributed by atoms with Crippen molar-refractivity contribution < 1.29 is 13.2 Å². The third kappa shape index (κ3) is 5.11. The minimum absolute atomic E-state index is 0.307. The Morgan fingerprint density at radius 3 is 2.46 bits per heavy atom. The van der Waals surface area contributed by atoms with Crippen LogP contribution in [0.1, 0.15) is 42.9 Å². The van der Waals surface area contributed by atoms with Crippen LogP contribution >= 0.6 is 0 Å². The van der Waals surface area contributed by atoms with Crippen molar-refractivity contribution in [1.29, 1.82) is 0 Å². The molecule has 8 heteroatoms. The molecule has 5 nitrogen and oxygen atoms in total. The first kappa shape index (κ1) is 20.8. The summed E-state index contributed by atoms with van der Waals surface area (Å²) in [5.74, 6) is 0.0818. The van der Waals surface area contributed by atoms with Crippen molar-refractivity contribution in [2.75, 3.05) is 13.1 Å². The lowest BCUT2D eigenvalue weighted by atomic mass is 9.85. The van der Waals surface area contributed by atoms with Gasteiger partial charge in [0.15, 0.2) is 0 Å². The molecule has 2 heterocycles. The van der Waals surface area contributed by atoms with E-state index in [1.54, 1.807) is 0 Å². The van der Waals surface area contributed by atoms with Crippen LogP contribution in [0.15, 0.2) is 30.3 Å². The van der Waals surface area contributed by atoms with Gasteiger partial charge in [-0.25, -0.2) is 0 Å². The zero-order valence-electron chi connectivity index (χ0n) is 16.2. The SMILES string of the molecule is Cc1ccccc1.NCC1CCCC(N2CCn3c(nnc3C(F)(F)F)C2)C1. The summed E-state index contributed by atoms with van der Waals surface area (Å²) in [4.78, 5) is 2.24. The number of hydrogen-bond donors (Lipinski definition) is 1. The molecule has 2 aromatic rings. The summed E-state index contributed by atoms with van der Waals surface area (Å²) in [6, 6.07) is 10.7. The van der Waals surface area contributed by atoms with Crippen molar-refractivity contribution in [2.45, 2.75) is 57.9 Å². The standard InChI is InChI=1S/C13H20F3N5.C7H8/c14-13(15,16)12-19-18-11-8-20(4-5-21(11)12)10-3-1-2-9(6-10)7-17;1-7-5-3-2-4-6-7/h9-10H,1-8,17H2;2-6H,1H3. The van der Waals surface area contributed by atoms with Gasteiger partial charge in [-0.2, -0.15) is 13.2 Å². The monoisotopic (exact) mass is 395 g/mol. The highest BCUT2D eigenvalue weighted by atomic mass is 19.4. The first-order valence-electron chi connectivity index (χ1n) is 9.83. The number of fused-ring (bicyclic) bond motifs is 1. The van der Waals surface area contributed by atoms with Gasteiger partial charge in [-0.3, -0.25) is 4.90 Å². The fourth-order valence-corrected chi connectivity index (χ4v) is 4.04. The summed E-state index contributed by atoms with van der Waals surface area (Å²) in [6.07, 6.45) is 0.00913. The molecule has 1 aliphatic heterocycles. The van der Waals surface area contributed by atoms with E-state index >= 15 is 0 Å². The summed E-state index contributed by atoms with van der Waals surface area (Å²) < 4.78 is 39.6. The molecule has 2 atom stereocenters. The second-order valence-corrected chi connectivity index (χ2v) is 7.64. The summed E-state index contributed by atoms with van der Waals surface area (Å²) in [5, 5.41) is 7.06. The Labute approximate surface area is 163 Å². The van der Waals surface area contributed by atoms with E-state index in [2.05, 4.69) is 34.2 Å². The lowest BCUT2D eigenvalue weighted by Crippen LogP contribution is -2.44. The number of nitrogens with zero attached hydrogens (tertiary/aromatic N) is 4. The van der Waals surface area contributed by atoms with Crippen molar-refractivity contribution in [1.82, 2.24) is 19.7 Å². The molecule has 1 fully saturated rings. The Morgan fingerprint density at radius 2 is 1.86 bits per heavy atom. The van der Waals surface area contributed by atoms with Gasteiger partial charge in [0.25, 0.3) is 0 Å². The Kier molecular flexibility index (Phi) is 6.72. The molecule has 4 rings (SSSR count). The summed E-state index contributed by atoms with van der Waals surface area (Å²) in [5.41, 5.74) is 7.07. The fraction of sp³-hybridized carbons (Fsp3) is 0.600. The molecule has 0 saturated heterocycles. The molecule has 0 bridgehead atoms. The van der Waals surface area contributed by atoms with Crippen LogP contribution in [0.3, 0.4) is 0 Å². The minimum atomic E-state index is -4.43. The molecule has 0 amide bonds.